The van der Waals surface area contributed by atoms with E-state index in [4.69, 9.17) is 9.47 Å². The van der Waals surface area contributed by atoms with Crippen LogP contribution in [0.4, 0.5) is 0 Å². The first-order chi connectivity index (χ1) is 12.7. The summed E-state index contributed by atoms with van der Waals surface area (Å²) in [5.41, 5.74) is 1.24. The highest BCUT2D eigenvalue weighted by atomic mass is 32.2. The second-order valence-corrected chi connectivity index (χ2v) is 8.82. The Balaban J connectivity index is 1.58. The van der Waals surface area contributed by atoms with Gasteiger partial charge >= 0.3 is 0 Å². The number of rotatable bonds is 2. The van der Waals surface area contributed by atoms with Gasteiger partial charge in [-0.3, -0.25) is 4.90 Å². The van der Waals surface area contributed by atoms with Crippen molar-refractivity contribution in [3.05, 3.63) is 23.9 Å². The number of hydrogen-bond acceptors (Lipinski definition) is 6. The van der Waals surface area contributed by atoms with Crippen molar-refractivity contribution < 1.29 is 14.0 Å². The number of aromatic nitrogens is 1. The smallest absolute Gasteiger partial charge is 0.218 e. The van der Waals surface area contributed by atoms with Gasteiger partial charge in [-0.05, 0) is 50.5 Å². The van der Waals surface area contributed by atoms with E-state index in [0.29, 0.717) is 25.4 Å². The first-order valence-electron chi connectivity index (χ1n) is 9.73. The Labute approximate surface area is 159 Å². The topological polar surface area (TPSA) is 69.7 Å². The molecule has 3 unspecified atom stereocenters. The zero-order valence-corrected chi connectivity index (χ0v) is 16.2. The van der Waals surface area contributed by atoms with Crippen LogP contribution in [0.1, 0.15) is 50.0 Å². The summed E-state index contributed by atoms with van der Waals surface area (Å²) in [7, 11) is 0. The molecule has 1 saturated carbocycles. The molecule has 1 aliphatic carbocycles. The molecule has 0 spiro atoms. The van der Waals surface area contributed by atoms with Crippen LogP contribution in [0.15, 0.2) is 18.3 Å². The summed E-state index contributed by atoms with van der Waals surface area (Å²) < 4.78 is 27.5. The molecule has 1 saturated heterocycles. The Morgan fingerprint density at radius 3 is 2.92 bits per heavy atom. The standard InChI is InChI=1S/C19H29N3O3S/c1-26(23)21-17-5-3-11-22-13-25-19-16(4-2-10-20-19)14-6-8-15(9-7-14)24-12-18(17)22/h2,4,10,14-15,17-18,21H,3,5-9,11-13H2,1H3/t14-,15+,17?,18?,26?. The van der Waals surface area contributed by atoms with Crippen LogP contribution in [-0.4, -0.2) is 58.8 Å². The molecule has 2 bridgehead atoms. The Morgan fingerprint density at radius 1 is 1.27 bits per heavy atom. The van der Waals surface area contributed by atoms with Crippen molar-refractivity contribution in [3.63, 3.8) is 0 Å². The summed E-state index contributed by atoms with van der Waals surface area (Å²) >= 11 is -1.03. The van der Waals surface area contributed by atoms with Gasteiger partial charge < -0.3 is 14.0 Å². The molecular weight excluding hydrogens is 350 g/mol. The molecule has 1 aromatic rings. The first-order valence-corrected chi connectivity index (χ1v) is 11.3. The third-order valence-corrected chi connectivity index (χ3v) is 6.63. The van der Waals surface area contributed by atoms with Crippen LogP contribution in [0.2, 0.25) is 0 Å². The van der Waals surface area contributed by atoms with Gasteiger partial charge in [-0.1, -0.05) is 6.07 Å². The Bertz CT molecular complexity index is 595. The molecule has 0 radical (unpaired) electrons. The highest BCUT2D eigenvalue weighted by molar-refractivity contribution is 7.88. The first kappa shape index (κ1) is 18.5. The normalized spacial score (nSPS) is 33.9. The number of nitrogens with zero attached hydrogens (tertiary/aromatic N) is 2. The Hall–Kier alpha value is -0.860. The van der Waals surface area contributed by atoms with Crippen molar-refractivity contribution in [2.75, 3.05) is 26.1 Å². The molecule has 26 heavy (non-hydrogen) atoms. The van der Waals surface area contributed by atoms with Crippen molar-refractivity contribution in [3.8, 4) is 5.88 Å². The second-order valence-electron chi connectivity index (χ2n) is 7.68. The van der Waals surface area contributed by atoms with E-state index in [9.17, 15) is 4.55 Å². The van der Waals surface area contributed by atoms with Gasteiger partial charge in [0.25, 0.3) is 0 Å². The molecule has 1 N–H and O–H groups in total. The van der Waals surface area contributed by atoms with Crippen LogP contribution in [0, 0.1) is 0 Å². The number of hydrogen-bond donors (Lipinski definition) is 1. The van der Waals surface area contributed by atoms with Crippen LogP contribution >= 0.6 is 0 Å². The average molecular weight is 380 g/mol. The van der Waals surface area contributed by atoms with E-state index in [1.165, 1.54) is 5.56 Å². The van der Waals surface area contributed by atoms with Crippen molar-refractivity contribution >= 4 is 11.4 Å². The molecule has 2 fully saturated rings. The highest BCUT2D eigenvalue weighted by Gasteiger charge is 2.36. The molecule has 3 atom stereocenters. The molecule has 144 valence electrons. The molecule has 7 heteroatoms. The minimum Gasteiger partial charge on any atom is -0.598 e. The van der Waals surface area contributed by atoms with Gasteiger partial charge in [-0.25, -0.2) is 4.98 Å². The zero-order valence-electron chi connectivity index (χ0n) is 15.4. The lowest BCUT2D eigenvalue weighted by Gasteiger charge is -2.42. The molecule has 0 amide bonds. The van der Waals surface area contributed by atoms with Gasteiger partial charge in [0.2, 0.25) is 5.88 Å². The second kappa shape index (κ2) is 8.44. The monoisotopic (exact) mass is 379 g/mol. The van der Waals surface area contributed by atoms with Gasteiger partial charge in [0.1, 0.15) is 13.0 Å². The van der Waals surface area contributed by atoms with Crippen molar-refractivity contribution in [2.45, 2.75) is 62.6 Å². The van der Waals surface area contributed by atoms with E-state index in [1.807, 2.05) is 12.3 Å². The summed E-state index contributed by atoms with van der Waals surface area (Å²) in [5.74, 6) is 1.30. The fraction of sp³-hybridized carbons (Fsp3) is 0.737. The van der Waals surface area contributed by atoms with Gasteiger partial charge in [0, 0.05) is 29.7 Å². The van der Waals surface area contributed by atoms with Crippen LogP contribution in [-0.2, 0) is 16.1 Å². The Morgan fingerprint density at radius 2 is 2.12 bits per heavy atom. The highest BCUT2D eigenvalue weighted by Crippen LogP contribution is 2.38. The summed E-state index contributed by atoms with van der Waals surface area (Å²) in [5, 5.41) is 0. The number of piperidine rings is 1. The van der Waals surface area contributed by atoms with Crippen LogP contribution in [0.25, 0.3) is 0 Å². The maximum absolute atomic E-state index is 11.8. The fourth-order valence-corrected chi connectivity index (χ4v) is 5.31. The zero-order chi connectivity index (χ0) is 17.9. The predicted molar refractivity (Wildman–Crippen MR) is 101 cm³/mol. The summed E-state index contributed by atoms with van der Waals surface area (Å²) in [6.45, 7) is 2.14. The molecule has 4 aliphatic rings. The lowest BCUT2D eigenvalue weighted by Crippen LogP contribution is -2.58. The Kier molecular flexibility index (Phi) is 6.00. The number of ether oxygens (including phenoxy) is 2. The van der Waals surface area contributed by atoms with E-state index in [1.54, 1.807) is 6.26 Å². The quantitative estimate of drug-likeness (QED) is 0.795. The maximum atomic E-state index is 11.8. The molecule has 1 aromatic heterocycles. The fourth-order valence-electron chi connectivity index (χ4n) is 4.61. The van der Waals surface area contributed by atoms with Gasteiger partial charge in [-0.2, -0.15) is 0 Å². The number of pyridine rings is 1. The molecule has 0 aromatic carbocycles. The molecule has 4 heterocycles. The van der Waals surface area contributed by atoms with E-state index in [0.717, 1.165) is 50.9 Å². The summed E-state index contributed by atoms with van der Waals surface area (Å²) in [6.07, 6.45) is 10.4. The number of fused-ring (bicyclic) bond motifs is 4. The third-order valence-electron chi connectivity index (χ3n) is 6.00. The van der Waals surface area contributed by atoms with Crippen molar-refractivity contribution in [2.24, 2.45) is 0 Å². The summed E-state index contributed by atoms with van der Waals surface area (Å²) in [4.78, 5) is 6.84. The lowest BCUT2D eigenvalue weighted by atomic mass is 9.83. The van der Waals surface area contributed by atoms with Crippen LogP contribution in [0.3, 0.4) is 0 Å². The van der Waals surface area contributed by atoms with Gasteiger partial charge in [0.15, 0.2) is 0 Å². The summed E-state index contributed by atoms with van der Waals surface area (Å²) in [6, 6.07) is 4.52. The van der Waals surface area contributed by atoms with E-state index in [2.05, 4.69) is 20.7 Å². The SMILES string of the molecule is C[S+]([O-])NC1CCCN2COc3ncccc3[C@H]3CC[C@H](CC3)OCC12. The molecule has 3 aliphatic heterocycles. The molecule has 5 rings (SSSR count). The van der Waals surface area contributed by atoms with E-state index in [-0.39, 0.29) is 12.1 Å². The van der Waals surface area contributed by atoms with Crippen LogP contribution < -0.4 is 9.46 Å². The minimum absolute atomic E-state index is 0.167. The molecular formula is C19H29N3O3S. The van der Waals surface area contributed by atoms with Gasteiger partial charge in [0.05, 0.1) is 24.8 Å². The molecule has 6 nitrogen and oxygen atoms in total. The van der Waals surface area contributed by atoms with Crippen molar-refractivity contribution in [1.29, 1.82) is 0 Å². The van der Waals surface area contributed by atoms with E-state index < -0.39 is 11.4 Å². The minimum atomic E-state index is -1.03. The predicted octanol–water partition coefficient (Wildman–Crippen LogP) is 2.19. The lowest BCUT2D eigenvalue weighted by molar-refractivity contribution is -0.0483. The largest absolute Gasteiger partial charge is 0.598 e. The van der Waals surface area contributed by atoms with Crippen LogP contribution in [0.5, 0.6) is 5.88 Å². The van der Waals surface area contributed by atoms with Crippen molar-refractivity contribution in [1.82, 2.24) is 14.6 Å². The average Bonchev–Trinajstić information content (AvgIpc) is 2.65. The maximum Gasteiger partial charge on any atom is 0.218 e. The van der Waals surface area contributed by atoms with E-state index >= 15 is 0 Å². The number of nitrogens with one attached hydrogen (secondary N) is 1. The third kappa shape index (κ3) is 4.17. The van der Waals surface area contributed by atoms with Gasteiger partial charge in [-0.15, -0.1) is 4.72 Å².